The van der Waals surface area contributed by atoms with E-state index in [1.165, 1.54) is 6.07 Å². The van der Waals surface area contributed by atoms with Crippen molar-refractivity contribution in [2.24, 2.45) is 0 Å². The van der Waals surface area contributed by atoms with Crippen LogP contribution in [0.5, 0.6) is 0 Å². The Morgan fingerprint density at radius 3 is 2.81 bits per heavy atom. The minimum atomic E-state index is -0.624. The largest absolute Gasteiger partial charge is 0.356 e. The summed E-state index contributed by atoms with van der Waals surface area (Å²) in [4.78, 5) is 24.7. The Morgan fingerprint density at radius 2 is 2.06 bits per heavy atom. The lowest BCUT2D eigenvalue weighted by Gasteiger charge is -2.39. The monoisotopic (exact) mass is 434 g/mol. The second kappa shape index (κ2) is 8.45. The first-order valence-electron chi connectivity index (χ1n) is 11.4. The zero-order valence-electron chi connectivity index (χ0n) is 18.3. The molecule has 7 heteroatoms. The SMILES string of the molecule is Cc1cc(-c2cncnc2[C@@H]2CCCN(C(=O)C3(c4cccc(F)c4)CCCC3)C2)on1. The second-order valence-corrected chi connectivity index (χ2v) is 9.04. The Hall–Kier alpha value is -3.09. The molecule has 1 aliphatic carbocycles. The number of carbonyl (C=O) groups excluding carboxylic acids is 1. The van der Waals surface area contributed by atoms with Gasteiger partial charge in [0.15, 0.2) is 5.76 Å². The fourth-order valence-electron chi connectivity index (χ4n) is 5.42. The van der Waals surface area contributed by atoms with Gasteiger partial charge in [-0.25, -0.2) is 14.4 Å². The van der Waals surface area contributed by atoms with Crippen molar-refractivity contribution in [3.63, 3.8) is 0 Å². The molecule has 2 aromatic heterocycles. The Balaban J connectivity index is 1.44. The molecule has 1 aliphatic heterocycles. The number of aryl methyl sites for hydroxylation is 1. The molecule has 3 aromatic rings. The van der Waals surface area contributed by atoms with Crippen LogP contribution in [0.2, 0.25) is 0 Å². The van der Waals surface area contributed by atoms with Crippen LogP contribution in [0.3, 0.4) is 0 Å². The lowest BCUT2D eigenvalue weighted by molar-refractivity contribution is -0.138. The molecular weight excluding hydrogens is 407 g/mol. The van der Waals surface area contributed by atoms with Gasteiger partial charge in [0.05, 0.1) is 22.4 Å². The first kappa shape index (κ1) is 20.8. The van der Waals surface area contributed by atoms with E-state index in [1.807, 2.05) is 24.0 Å². The molecule has 32 heavy (non-hydrogen) atoms. The number of carbonyl (C=O) groups is 1. The fraction of sp³-hybridized carbons (Fsp3) is 0.440. The summed E-state index contributed by atoms with van der Waals surface area (Å²) in [6, 6.07) is 8.48. The van der Waals surface area contributed by atoms with E-state index < -0.39 is 5.41 Å². The van der Waals surface area contributed by atoms with Crippen molar-refractivity contribution in [1.82, 2.24) is 20.0 Å². The van der Waals surface area contributed by atoms with E-state index in [4.69, 9.17) is 4.52 Å². The van der Waals surface area contributed by atoms with Crippen molar-refractivity contribution in [2.75, 3.05) is 13.1 Å². The third kappa shape index (κ3) is 3.70. The van der Waals surface area contributed by atoms with Crippen LogP contribution in [-0.4, -0.2) is 39.0 Å². The number of hydrogen-bond acceptors (Lipinski definition) is 5. The van der Waals surface area contributed by atoms with Crippen molar-refractivity contribution >= 4 is 5.91 Å². The van der Waals surface area contributed by atoms with E-state index in [0.29, 0.717) is 18.8 Å². The van der Waals surface area contributed by atoms with Crippen LogP contribution in [0.25, 0.3) is 11.3 Å². The van der Waals surface area contributed by atoms with E-state index in [2.05, 4.69) is 15.1 Å². The smallest absolute Gasteiger partial charge is 0.233 e. The van der Waals surface area contributed by atoms with E-state index in [1.54, 1.807) is 24.7 Å². The first-order valence-corrected chi connectivity index (χ1v) is 11.4. The van der Waals surface area contributed by atoms with Gasteiger partial charge in [-0.1, -0.05) is 30.1 Å². The van der Waals surface area contributed by atoms with Gasteiger partial charge in [0.2, 0.25) is 5.91 Å². The molecule has 1 atom stereocenters. The number of aromatic nitrogens is 3. The summed E-state index contributed by atoms with van der Waals surface area (Å²) in [5, 5.41) is 4.00. The number of nitrogens with zero attached hydrogens (tertiary/aromatic N) is 4. The van der Waals surface area contributed by atoms with E-state index >= 15 is 0 Å². The zero-order chi connectivity index (χ0) is 22.1. The quantitative estimate of drug-likeness (QED) is 0.590. The maximum Gasteiger partial charge on any atom is 0.233 e. The summed E-state index contributed by atoms with van der Waals surface area (Å²) in [5.41, 5.74) is 2.70. The van der Waals surface area contributed by atoms with Crippen LogP contribution in [0.4, 0.5) is 4.39 Å². The molecule has 0 radical (unpaired) electrons. The van der Waals surface area contributed by atoms with Crippen molar-refractivity contribution in [3.05, 3.63) is 65.6 Å². The topological polar surface area (TPSA) is 72.1 Å². The number of benzene rings is 1. The van der Waals surface area contributed by atoms with Gasteiger partial charge in [-0.2, -0.15) is 0 Å². The summed E-state index contributed by atoms with van der Waals surface area (Å²) in [5.74, 6) is 0.568. The molecule has 0 unspecified atom stereocenters. The van der Waals surface area contributed by atoms with Crippen molar-refractivity contribution < 1.29 is 13.7 Å². The molecule has 0 N–H and O–H groups in total. The number of piperidine rings is 1. The predicted octanol–water partition coefficient (Wildman–Crippen LogP) is 4.80. The predicted molar refractivity (Wildman–Crippen MR) is 117 cm³/mol. The van der Waals surface area contributed by atoms with Crippen LogP contribution in [-0.2, 0) is 10.2 Å². The van der Waals surface area contributed by atoms with Crippen molar-refractivity contribution in [2.45, 2.75) is 56.8 Å². The summed E-state index contributed by atoms with van der Waals surface area (Å²) in [6.07, 6.45) is 8.66. The Bertz CT molecular complexity index is 1120. The van der Waals surface area contributed by atoms with Crippen LogP contribution in [0, 0.1) is 12.7 Å². The van der Waals surface area contributed by atoms with Gasteiger partial charge in [0, 0.05) is 31.3 Å². The van der Waals surface area contributed by atoms with Crippen LogP contribution >= 0.6 is 0 Å². The minimum Gasteiger partial charge on any atom is -0.356 e. The van der Waals surface area contributed by atoms with Gasteiger partial charge < -0.3 is 9.42 Å². The highest BCUT2D eigenvalue weighted by atomic mass is 19.1. The van der Waals surface area contributed by atoms with Gasteiger partial charge in [-0.05, 0) is 50.3 Å². The van der Waals surface area contributed by atoms with Crippen LogP contribution < -0.4 is 0 Å². The number of halogens is 1. The average Bonchev–Trinajstić information content (AvgIpc) is 3.49. The first-order chi connectivity index (χ1) is 15.6. The summed E-state index contributed by atoms with van der Waals surface area (Å²) >= 11 is 0. The second-order valence-electron chi connectivity index (χ2n) is 9.04. The van der Waals surface area contributed by atoms with Gasteiger partial charge in [-0.3, -0.25) is 4.79 Å². The standard InChI is InChI=1S/C25H27FN4O2/c1-17-12-22(32-29-17)21-14-27-16-28-23(21)18-6-5-11-30(15-18)24(31)25(9-2-3-10-25)19-7-4-8-20(26)13-19/h4,7-8,12-14,16,18H,2-3,5-6,9-11,15H2,1H3/t18-/m1/s1. The van der Waals surface area contributed by atoms with Crippen LogP contribution in [0.1, 0.15) is 61.4 Å². The molecule has 2 aliphatic rings. The maximum atomic E-state index is 14.0. The molecule has 1 amide bonds. The molecule has 2 fully saturated rings. The Labute approximate surface area is 186 Å². The molecule has 166 valence electrons. The Kier molecular flexibility index (Phi) is 5.49. The van der Waals surface area contributed by atoms with Gasteiger partial charge in [0.1, 0.15) is 12.1 Å². The third-order valence-electron chi connectivity index (χ3n) is 6.98. The Morgan fingerprint density at radius 1 is 1.22 bits per heavy atom. The number of rotatable bonds is 4. The highest BCUT2D eigenvalue weighted by Crippen LogP contribution is 2.44. The van der Waals surface area contributed by atoms with E-state index in [0.717, 1.165) is 61.0 Å². The van der Waals surface area contributed by atoms with Gasteiger partial charge >= 0.3 is 0 Å². The number of hydrogen-bond donors (Lipinski definition) is 0. The van der Waals surface area contributed by atoms with E-state index in [-0.39, 0.29) is 17.6 Å². The van der Waals surface area contributed by atoms with Crippen molar-refractivity contribution in [1.29, 1.82) is 0 Å². The van der Waals surface area contributed by atoms with Crippen LogP contribution in [0.15, 0.2) is 47.4 Å². The van der Waals surface area contributed by atoms with Gasteiger partial charge in [-0.15, -0.1) is 0 Å². The molecule has 0 bridgehead atoms. The molecule has 6 nitrogen and oxygen atoms in total. The normalized spacial score (nSPS) is 20.4. The molecular formula is C25H27FN4O2. The highest BCUT2D eigenvalue weighted by Gasteiger charge is 2.46. The maximum absolute atomic E-state index is 14.0. The molecule has 1 saturated carbocycles. The third-order valence-corrected chi connectivity index (χ3v) is 6.98. The zero-order valence-corrected chi connectivity index (χ0v) is 18.3. The summed E-state index contributed by atoms with van der Waals surface area (Å²) < 4.78 is 19.5. The van der Waals surface area contributed by atoms with Crippen molar-refractivity contribution in [3.8, 4) is 11.3 Å². The number of likely N-dealkylation sites (tertiary alicyclic amines) is 1. The minimum absolute atomic E-state index is 0.0852. The van der Waals surface area contributed by atoms with Gasteiger partial charge in [0.25, 0.3) is 0 Å². The highest BCUT2D eigenvalue weighted by molar-refractivity contribution is 5.89. The lowest BCUT2D eigenvalue weighted by Crippen LogP contribution is -2.49. The average molecular weight is 435 g/mol. The molecule has 0 spiro atoms. The molecule has 1 aromatic carbocycles. The molecule has 1 saturated heterocycles. The fourth-order valence-corrected chi connectivity index (χ4v) is 5.42. The summed E-state index contributed by atoms with van der Waals surface area (Å²) in [6.45, 7) is 3.19. The lowest BCUT2D eigenvalue weighted by atomic mass is 9.76. The number of amides is 1. The summed E-state index contributed by atoms with van der Waals surface area (Å²) in [7, 11) is 0. The molecule has 5 rings (SSSR count). The van der Waals surface area contributed by atoms with E-state index in [9.17, 15) is 9.18 Å². The molecule has 3 heterocycles.